The van der Waals surface area contributed by atoms with Gasteiger partial charge in [0.05, 0.1) is 0 Å². The first kappa shape index (κ1) is 15.2. The Hall–Kier alpha value is -0.850. The van der Waals surface area contributed by atoms with E-state index in [1.54, 1.807) is 6.26 Å². The molecule has 0 saturated heterocycles. The van der Waals surface area contributed by atoms with Gasteiger partial charge in [0.2, 0.25) is 5.91 Å². The smallest absolute Gasteiger partial charge is 0.251 e. The van der Waals surface area contributed by atoms with Gasteiger partial charge in [-0.3, -0.25) is 4.79 Å². The predicted molar refractivity (Wildman–Crippen MR) is 60.1 cm³/mol. The summed E-state index contributed by atoms with van der Waals surface area (Å²) in [4.78, 5) is 11.4. The number of thioether (sulfide) groups is 1. The number of alkyl halides is 2. The maximum absolute atomic E-state index is 12.9. The van der Waals surface area contributed by atoms with Crippen LogP contribution in [0.2, 0.25) is 0 Å². The highest BCUT2D eigenvalue weighted by molar-refractivity contribution is 8.13. The summed E-state index contributed by atoms with van der Waals surface area (Å²) in [5, 5.41) is 14.0. The second-order valence-electron chi connectivity index (χ2n) is 3.76. The number of hydrogen-bond donors (Lipinski definition) is 2. The van der Waals surface area contributed by atoms with Gasteiger partial charge >= 0.3 is 0 Å². The third kappa shape index (κ3) is 3.07. The highest BCUT2D eigenvalue weighted by Crippen LogP contribution is 2.36. The molecule has 0 aliphatic carbocycles. The Balaban J connectivity index is 5.27. The summed E-state index contributed by atoms with van der Waals surface area (Å²) in [6.45, 7) is 2.90. The van der Waals surface area contributed by atoms with Gasteiger partial charge in [-0.2, -0.15) is 0 Å². The van der Waals surface area contributed by atoms with E-state index in [1.807, 2.05) is 0 Å². The Morgan fingerprint density at radius 3 is 2.25 bits per heavy atom. The monoisotopic (exact) mass is 254 g/mol. The lowest BCUT2D eigenvalue weighted by molar-refractivity contribution is -0.133. The van der Waals surface area contributed by atoms with Gasteiger partial charge in [-0.25, -0.2) is 8.78 Å². The van der Waals surface area contributed by atoms with Crippen LogP contribution in [0.3, 0.4) is 0 Å². The van der Waals surface area contributed by atoms with Crippen molar-refractivity contribution in [1.82, 2.24) is 5.32 Å². The number of amides is 1. The zero-order valence-corrected chi connectivity index (χ0v) is 10.4. The molecule has 0 fully saturated rings. The summed E-state index contributed by atoms with van der Waals surface area (Å²) in [6.07, 6.45) is -1.22. The minimum atomic E-state index is -2.82. The summed E-state index contributed by atoms with van der Waals surface area (Å²) in [6, 6.07) is 0. The fraction of sp³-hybridized carbons (Fsp3) is 0.778. The Morgan fingerprint density at radius 2 is 2.00 bits per heavy atom. The molecule has 0 aliphatic heterocycles. The van der Waals surface area contributed by atoms with E-state index >= 15 is 0 Å². The van der Waals surface area contributed by atoms with E-state index < -0.39 is 23.7 Å². The van der Waals surface area contributed by atoms with Gasteiger partial charge in [0, 0.05) is 12.5 Å². The van der Waals surface area contributed by atoms with Crippen LogP contribution in [0, 0.1) is 11.3 Å². The van der Waals surface area contributed by atoms with Crippen molar-refractivity contribution in [2.45, 2.75) is 20.3 Å². The number of nitrogens with zero attached hydrogens (tertiary/aromatic N) is 1. The predicted octanol–water partition coefficient (Wildman–Crippen LogP) is 1.79. The van der Waals surface area contributed by atoms with E-state index in [4.69, 9.17) is 5.21 Å². The molecule has 4 nitrogen and oxygen atoms in total. The van der Waals surface area contributed by atoms with Crippen LogP contribution in [-0.2, 0) is 4.79 Å². The number of halogens is 2. The zero-order chi connectivity index (χ0) is 12.9. The molecule has 0 aliphatic rings. The van der Waals surface area contributed by atoms with Crippen LogP contribution in [0.15, 0.2) is 5.16 Å². The second kappa shape index (κ2) is 6.03. The SMILES string of the molecule is CNC(=O)C(C(F)F)C(C)(C)C(=NO)SC. The standard InChI is InChI=1S/C9H16F2N2O2S/c1-9(2,8(13-15)16-4)5(6(10)11)7(14)12-3/h5-6,15H,1-4H3,(H,12,14). The molecular weight excluding hydrogens is 238 g/mol. The maximum Gasteiger partial charge on any atom is 0.251 e. The Kier molecular flexibility index (Phi) is 5.71. The van der Waals surface area contributed by atoms with E-state index in [-0.39, 0.29) is 5.04 Å². The molecular formula is C9H16F2N2O2S. The van der Waals surface area contributed by atoms with E-state index in [0.717, 1.165) is 11.8 Å². The molecule has 0 aromatic heterocycles. The fourth-order valence-electron chi connectivity index (χ4n) is 1.48. The summed E-state index contributed by atoms with van der Waals surface area (Å²) >= 11 is 1.04. The quantitative estimate of drug-likeness (QED) is 0.348. The average Bonchev–Trinajstić information content (AvgIpc) is 2.17. The number of hydrogen-bond acceptors (Lipinski definition) is 4. The number of oxime groups is 1. The van der Waals surface area contributed by atoms with Crippen molar-refractivity contribution in [2.75, 3.05) is 13.3 Å². The normalized spacial score (nSPS) is 15.1. The lowest BCUT2D eigenvalue weighted by Crippen LogP contribution is -2.45. The van der Waals surface area contributed by atoms with Gasteiger partial charge in [-0.05, 0) is 6.26 Å². The molecule has 1 atom stereocenters. The van der Waals surface area contributed by atoms with Crippen LogP contribution in [0.5, 0.6) is 0 Å². The second-order valence-corrected chi connectivity index (χ2v) is 4.55. The summed E-state index contributed by atoms with van der Waals surface area (Å²) in [5.41, 5.74) is -1.22. The third-order valence-electron chi connectivity index (χ3n) is 2.39. The molecule has 0 rings (SSSR count). The number of nitrogens with one attached hydrogen (secondary N) is 1. The average molecular weight is 254 g/mol. The topological polar surface area (TPSA) is 61.7 Å². The zero-order valence-electron chi connectivity index (χ0n) is 9.62. The Bertz CT molecular complexity index is 283. The highest BCUT2D eigenvalue weighted by Gasteiger charge is 2.45. The minimum Gasteiger partial charge on any atom is -0.410 e. The first-order chi connectivity index (χ1) is 7.32. The molecule has 0 bridgehead atoms. The van der Waals surface area contributed by atoms with E-state index in [0.29, 0.717) is 0 Å². The van der Waals surface area contributed by atoms with Crippen molar-refractivity contribution in [2.24, 2.45) is 16.5 Å². The van der Waals surface area contributed by atoms with Gasteiger partial charge in [-0.15, -0.1) is 11.8 Å². The van der Waals surface area contributed by atoms with Crippen LogP contribution in [0.1, 0.15) is 13.8 Å². The molecule has 16 heavy (non-hydrogen) atoms. The number of rotatable bonds is 4. The number of carbonyl (C=O) groups is 1. The highest BCUT2D eigenvalue weighted by atomic mass is 32.2. The molecule has 0 spiro atoms. The molecule has 2 N–H and O–H groups in total. The largest absolute Gasteiger partial charge is 0.410 e. The Labute approximate surface area is 97.5 Å². The lowest BCUT2D eigenvalue weighted by Gasteiger charge is -2.31. The molecule has 0 heterocycles. The van der Waals surface area contributed by atoms with Crippen LogP contribution in [0.25, 0.3) is 0 Å². The van der Waals surface area contributed by atoms with Crippen molar-refractivity contribution < 1.29 is 18.8 Å². The van der Waals surface area contributed by atoms with E-state index in [9.17, 15) is 13.6 Å². The third-order valence-corrected chi connectivity index (χ3v) is 3.39. The number of carbonyl (C=O) groups excluding carboxylic acids is 1. The Morgan fingerprint density at radius 1 is 1.50 bits per heavy atom. The minimum absolute atomic E-state index is 0.0985. The van der Waals surface area contributed by atoms with Crippen molar-refractivity contribution in [3.05, 3.63) is 0 Å². The first-order valence-electron chi connectivity index (χ1n) is 4.59. The molecule has 0 radical (unpaired) electrons. The fourth-order valence-corrected chi connectivity index (χ4v) is 2.21. The summed E-state index contributed by atoms with van der Waals surface area (Å²) in [5.74, 6) is -2.31. The molecule has 0 saturated carbocycles. The van der Waals surface area contributed by atoms with Crippen molar-refractivity contribution in [1.29, 1.82) is 0 Å². The van der Waals surface area contributed by atoms with Crippen molar-refractivity contribution in [3.63, 3.8) is 0 Å². The van der Waals surface area contributed by atoms with Crippen molar-refractivity contribution >= 4 is 22.7 Å². The van der Waals surface area contributed by atoms with Crippen LogP contribution < -0.4 is 5.32 Å². The van der Waals surface area contributed by atoms with Crippen LogP contribution in [0.4, 0.5) is 8.78 Å². The lowest BCUT2D eigenvalue weighted by atomic mass is 9.79. The van der Waals surface area contributed by atoms with Crippen LogP contribution in [-0.4, -0.2) is 35.9 Å². The summed E-state index contributed by atoms with van der Waals surface area (Å²) < 4.78 is 25.7. The van der Waals surface area contributed by atoms with E-state index in [2.05, 4.69) is 10.5 Å². The molecule has 0 aromatic carbocycles. The van der Waals surface area contributed by atoms with Crippen molar-refractivity contribution in [3.8, 4) is 0 Å². The molecule has 94 valence electrons. The molecule has 1 amide bonds. The molecule has 1 unspecified atom stereocenters. The molecule has 7 heteroatoms. The van der Waals surface area contributed by atoms with Gasteiger partial charge in [0.1, 0.15) is 11.0 Å². The van der Waals surface area contributed by atoms with Crippen LogP contribution >= 0.6 is 11.8 Å². The first-order valence-corrected chi connectivity index (χ1v) is 5.81. The van der Waals surface area contributed by atoms with Gasteiger partial charge < -0.3 is 10.5 Å². The maximum atomic E-state index is 12.9. The summed E-state index contributed by atoms with van der Waals surface area (Å²) in [7, 11) is 1.29. The van der Waals surface area contributed by atoms with Gasteiger partial charge in [0.15, 0.2) is 0 Å². The van der Waals surface area contributed by atoms with Gasteiger partial charge in [0.25, 0.3) is 6.43 Å². The van der Waals surface area contributed by atoms with Gasteiger partial charge in [-0.1, -0.05) is 19.0 Å². The molecule has 0 aromatic rings. The van der Waals surface area contributed by atoms with E-state index in [1.165, 1.54) is 20.9 Å².